The van der Waals surface area contributed by atoms with Crippen LogP contribution in [0.15, 0.2) is 60.7 Å². The minimum Gasteiger partial charge on any atom is -0.352 e. The Hall–Kier alpha value is -3.46. The Bertz CT molecular complexity index is 1570. The molecule has 2 aliphatic heterocycles. The molecule has 1 aliphatic carbocycles. The molecule has 2 fully saturated rings. The number of fused-ring (bicyclic) bond motifs is 3. The van der Waals surface area contributed by atoms with Crippen molar-refractivity contribution in [1.29, 1.82) is 0 Å². The van der Waals surface area contributed by atoms with Crippen LogP contribution in [-0.2, 0) is 15.0 Å². The number of hydrogen-bond acceptors (Lipinski definition) is 4. The van der Waals surface area contributed by atoms with E-state index in [2.05, 4.69) is 21.3 Å². The molecule has 0 radical (unpaired) electrons. The maximum absolute atomic E-state index is 16.0. The van der Waals surface area contributed by atoms with E-state index < -0.39 is 34.6 Å². The van der Waals surface area contributed by atoms with Crippen LogP contribution in [0.3, 0.4) is 0 Å². The van der Waals surface area contributed by atoms with Crippen LogP contribution in [0.2, 0.25) is 10.0 Å². The Morgan fingerprint density at radius 1 is 1.02 bits per heavy atom. The Morgan fingerprint density at radius 3 is 2.48 bits per heavy atom. The number of anilines is 2. The molecule has 3 aliphatic rings. The van der Waals surface area contributed by atoms with E-state index >= 15 is 4.39 Å². The summed E-state index contributed by atoms with van der Waals surface area (Å²) >= 11 is 12.6. The van der Waals surface area contributed by atoms with Gasteiger partial charge in [0, 0.05) is 40.0 Å². The van der Waals surface area contributed by atoms with Crippen molar-refractivity contribution < 1.29 is 18.8 Å². The summed E-state index contributed by atoms with van der Waals surface area (Å²) in [6.45, 7) is 2.34. The summed E-state index contributed by atoms with van der Waals surface area (Å²) in [5.41, 5.74) is 0.265. The molecule has 0 unspecified atom stereocenters. The third-order valence-corrected chi connectivity index (χ3v) is 9.58. The lowest BCUT2D eigenvalue weighted by molar-refractivity contribution is -0.124. The summed E-state index contributed by atoms with van der Waals surface area (Å²) in [7, 11) is 0. The van der Waals surface area contributed by atoms with E-state index in [0.29, 0.717) is 46.9 Å². The quantitative estimate of drug-likeness (QED) is 0.278. The SMILES string of the molecule is CCNC(=O)c1ccc(NC(=O)[C@@H]2NC3(CCCCC3)[C@@]3(C(=O)Nc4cc(Cl)ccc43)[C@H]2c2cccc(Cl)c2F)cc1. The Morgan fingerprint density at radius 2 is 1.76 bits per heavy atom. The summed E-state index contributed by atoms with van der Waals surface area (Å²) in [6.07, 6.45) is 3.97. The highest BCUT2D eigenvalue weighted by Gasteiger charge is 2.72. The molecule has 42 heavy (non-hydrogen) atoms. The number of nitrogens with one attached hydrogen (secondary N) is 4. The molecule has 0 bridgehead atoms. The molecule has 0 aromatic heterocycles. The number of halogens is 3. The monoisotopic (exact) mass is 608 g/mol. The molecule has 7 nitrogen and oxygen atoms in total. The lowest BCUT2D eigenvalue weighted by Crippen LogP contribution is -2.60. The van der Waals surface area contributed by atoms with Crippen LogP contribution in [0.1, 0.15) is 66.4 Å². The van der Waals surface area contributed by atoms with E-state index in [9.17, 15) is 14.4 Å². The number of carbonyl (C=O) groups excluding carboxylic acids is 3. The van der Waals surface area contributed by atoms with E-state index in [-0.39, 0.29) is 22.4 Å². The van der Waals surface area contributed by atoms with Crippen LogP contribution in [0, 0.1) is 5.82 Å². The number of hydrogen-bond donors (Lipinski definition) is 4. The molecule has 4 N–H and O–H groups in total. The minimum absolute atomic E-state index is 0.0814. The van der Waals surface area contributed by atoms with Gasteiger partial charge in [-0.2, -0.15) is 0 Å². The second-order valence-corrected chi connectivity index (χ2v) is 12.1. The maximum Gasteiger partial charge on any atom is 0.251 e. The highest BCUT2D eigenvalue weighted by atomic mass is 35.5. The molecule has 1 saturated heterocycles. The van der Waals surface area contributed by atoms with Gasteiger partial charge in [-0.1, -0.05) is 60.7 Å². The van der Waals surface area contributed by atoms with Gasteiger partial charge in [0.05, 0.1) is 11.1 Å². The van der Waals surface area contributed by atoms with Gasteiger partial charge in [-0.25, -0.2) is 4.39 Å². The van der Waals surface area contributed by atoms with Crippen molar-refractivity contribution in [3.63, 3.8) is 0 Å². The topological polar surface area (TPSA) is 99.3 Å². The lowest BCUT2D eigenvalue weighted by Gasteiger charge is -2.47. The fourth-order valence-electron chi connectivity index (χ4n) is 7.41. The van der Waals surface area contributed by atoms with Gasteiger partial charge < -0.3 is 16.0 Å². The molecule has 2 spiro atoms. The molecule has 3 atom stereocenters. The van der Waals surface area contributed by atoms with Gasteiger partial charge in [-0.3, -0.25) is 19.7 Å². The van der Waals surface area contributed by atoms with Gasteiger partial charge in [-0.15, -0.1) is 0 Å². The highest BCUT2D eigenvalue weighted by molar-refractivity contribution is 6.31. The first-order valence-electron chi connectivity index (χ1n) is 14.2. The van der Waals surface area contributed by atoms with Crippen LogP contribution in [-0.4, -0.2) is 35.8 Å². The molecule has 3 aromatic carbocycles. The number of benzene rings is 3. The zero-order chi connectivity index (χ0) is 29.6. The normalized spacial score (nSPS) is 24.0. The van der Waals surface area contributed by atoms with Gasteiger partial charge in [0.25, 0.3) is 5.91 Å². The zero-order valence-electron chi connectivity index (χ0n) is 23.0. The third kappa shape index (κ3) is 4.39. The van der Waals surface area contributed by atoms with Crippen molar-refractivity contribution in [1.82, 2.24) is 10.6 Å². The molecule has 1 saturated carbocycles. The van der Waals surface area contributed by atoms with Crippen LogP contribution >= 0.6 is 23.2 Å². The van der Waals surface area contributed by atoms with Crippen LogP contribution in [0.4, 0.5) is 15.8 Å². The van der Waals surface area contributed by atoms with Crippen molar-refractivity contribution in [2.75, 3.05) is 17.2 Å². The molecule has 6 rings (SSSR count). The third-order valence-electron chi connectivity index (χ3n) is 9.06. The van der Waals surface area contributed by atoms with Gasteiger partial charge in [0.15, 0.2) is 0 Å². The van der Waals surface area contributed by atoms with E-state index in [4.69, 9.17) is 23.2 Å². The predicted octanol–water partition coefficient (Wildman–Crippen LogP) is 6.17. The number of rotatable bonds is 5. The second kappa shape index (κ2) is 11.0. The van der Waals surface area contributed by atoms with Crippen molar-refractivity contribution in [2.45, 2.75) is 61.9 Å². The van der Waals surface area contributed by atoms with E-state index in [1.165, 1.54) is 6.07 Å². The average Bonchev–Trinajstić information content (AvgIpc) is 3.43. The van der Waals surface area contributed by atoms with Gasteiger partial charge >= 0.3 is 0 Å². The molecule has 10 heteroatoms. The maximum atomic E-state index is 16.0. The van der Waals surface area contributed by atoms with Crippen LogP contribution < -0.4 is 21.3 Å². The summed E-state index contributed by atoms with van der Waals surface area (Å²) in [5, 5.41) is 12.7. The predicted molar refractivity (Wildman–Crippen MR) is 162 cm³/mol. The molecule has 3 amide bonds. The first-order valence-corrected chi connectivity index (χ1v) is 15.0. The van der Waals surface area contributed by atoms with Gasteiger partial charge in [0.1, 0.15) is 11.2 Å². The lowest BCUT2D eigenvalue weighted by atomic mass is 9.55. The molecular weight excluding hydrogens is 578 g/mol. The van der Waals surface area contributed by atoms with Crippen molar-refractivity contribution in [3.05, 3.63) is 93.2 Å². The number of amides is 3. The second-order valence-electron chi connectivity index (χ2n) is 11.3. The van der Waals surface area contributed by atoms with Crippen molar-refractivity contribution >= 4 is 52.3 Å². The summed E-state index contributed by atoms with van der Waals surface area (Å²) in [4.78, 5) is 40.8. The largest absolute Gasteiger partial charge is 0.352 e. The minimum atomic E-state index is -1.30. The standard InChI is InChI=1S/C32H31Cl2FN4O3/c1-2-36-28(40)18-9-12-20(13-10-18)37-29(41)27-25(21-7-6-8-23(34)26(21)35)32(31(39-27)15-4-3-5-16-31)22-14-11-19(33)17-24(22)38-30(32)42/h6-14,17,25,27,39H,2-5,15-16H2,1H3,(H,36,40)(H,37,41)(H,38,42)/t25-,27+,32+/m0/s1. The van der Waals surface area contributed by atoms with Gasteiger partial charge in [0.2, 0.25) is 11.8 Å². The Kier molecular flexibility index (Phi) is 7.50. The zero-order valence-corrected chi connectivity index (χ0v) is 24.5. The first-order chi connectivity index (χ1) is 20.2. The van der Waals surface area contributed by atoms with Crippen molar-refractivity contribution in [2.24, 2.45) is 0 Å². The van der Waals surface area contributed by atoms with E-state index in [1.807, 2.05) is 13.0 Å². The summed E-state index contributed by atoms with van der Waals surface area (Å²) in [6, 6.07) is 15.6. The number of carbonyl (C=O) groups is 3. The Balaban J connectivity index is 1.49. The fourth-order valence-corrected chi connectivity index (χ4v) is 7.76. The fraction of sp³-hybridized carbons (Fsp3) is 0.344. The molecule has 218 valence electrons. The molecular formula is C32H31Cl2FN4O3. The molecule has 2 heterocycles. The summed E-state index contributed by atoms with van der Waals surface area (Å²) in [5.74, 6) is -2.50. The van der Waals surface area contributed by atoms with Crippen LogP contribution in [0.25, 0.3) is 0 Å². The molecule has 3 aromatic rings. The van der Waals surface area contributed by atoms with E-state index in [1.54, 1.807) is 48.5 Å². The van der Waals surface area contributed by atoms with Crippen molar-refractivity contribution in [3.8, 4) is 0 Å². The van der Waals surface area contributed by atoms with E-state index in [0.717, 1.165) is 19.3 Å². The highest BCUT2D eigenvalue weighted by Crippen LogP contribution is 2.62. The van der Waals surface area contributed by atoms with Crippen LogP contribution in [0.5, 0.6) is 0 Å². The van der Waals surface area contributed by atoms with Gasteiger partial charge in [-0.05, 0) is 73.4 Å². The smallest absolute Gasteiger partial charge is 0.251 e. The Labute approximate surface area is 253 Å². The summed E-state index contributed by atoms with van der Waals surface area (Å²) < 4.78 is 16.0. The average molecular weight is 610 g/mol. The first kappa shape index (κ1) is 28.6.